The van der Waals surface area contributed by atoms with E-state index in [4.69, 9.17) is 39.5 Å². The van der Waals surface area contributed by atoms with Crippen LogP contribution in [0.2, 0.25) is 5.02 Å². The summed E-state index contributed by atoms with van der Waals surface area (Å²) >= 11 is 6.09. The van der Waals surface area contributed by atoms with Gasteiger partial charge in [-0.15, -0.1) is 0 Å². The molecular weight excluding hydrogens is 812 g/mol. The van der Waals surface area contributed by atoms with Crippen LogP contribution in [-0.4, -0.2) is 54.7 Å². The molecule has 3 heterocycles. The molecular formula is C54H58B3ClO6. The molecule has 6 nitrogen and oxygen atoms in total. The number of rotatable bonds is 2. The lowest BCUT2D eigenvalue weighted by Gasteiger charge is -2.32. The predicted octanol–water partition coefficient (Wildman–Crippen LogP) is 13.5. The van der Waals surface area contributed by atoms with E-state index in [0.717, 1.165) is 10.5 Å². The minimum atomic E-state index is -0.476. The van der Waals surface area contributed by atoms with Gasteiger partial charge >= 0.3 is 21.1 Å². The Labute approximate surface area is 384 Å². The van der Waals surface area contributed by atoms with E-state index in [0.29, 0.717) is 0 Å². The smallest absolute Gasteiger partial charge is 0.405 e. The van der Waals surface area contributed by atoms with Crippen LogP contribution in [-0.2, 0) is 27.9 Å². The highest BCUT2D eigenvalue weighted by atomic mass is 35.5. The molecule has 11 rings (SSSR count). The Bertz CT molecular complexity index is 3010. The minimum Gasteiger partial charge on any atom is -0.405 e. The van der Waals surface area contributed by atoms with Crippen molar-refractivity contribution in [3.05, 3.63) is 138 Å². The van der Waals surface area contributed by atoms with Crippen molar-refractivity contribution in [1.82, 2.24) is 0 Å². The van der Waals surface area contributed by atoms with Crippen LogP contribution in [0.15, 0.2) is 133 Å². The quantitative estimate of drug-likeness (QED) is 0.127. The number of halogens is 1. The highest BCUT2D eigenvalue weighted by molar-refractivity contribution is 7.11. The largest absolute Gasteiger partial charge is 0.494 e. The summed E-state index contributed by atoms with van der Waals surface area (Å²) in [5.41, 5.74) is -1.02. The molecule has 0 aromatic heterocycles. The molecule has 0 saturated carbocycles. The highest BCUT2D eigenvalue weighted by Crippen LogP contribution is 2.43. The van der Waals surface area contributed by atoms with Crippen LogP contribution in [0.1, 0.15) is 83.1 Å². The minimum absolute atomic E-state index is 0.327. The molecule has 3 aliphatic rings. The zero-order valence-electron chi connectivity index (χ0n) is 39.3. The maximum Gasteiger partial charge on any atom is 0.494 e. The number of hydrogen-bond donors (Lipinski definition) is 0. The molecule has 3 fully saturated rings. The molecule has 8 aromatic carbocycles. The van der Waals surface area contributed by atoms with E-state index in [1.807, 2.05) is 67.5 Å². The van der Waals surface area contributed by atoms with Crippen molar-refractivity contribution in [2.75, 3.05) is 0 Å². The summed E-state index contributed by atoms with van der Waals surface area (Å²) in [4.78, 5) is 0. The number of benzene rings is 8. The lowest BCUT2D eigenvalue weighted by Crippen LogP contribution is -2.41. The van der Waals surface area contributed by atoms with Gasteiger partial charge in [0, 0.05) is 5.02 Å². The summed E-state index contributed by atoms with van der Waals surface area (Å²) in [6.45, 7) is 24.6. The van der Waals surface area contributed by atoms with Crippen molar-refractivity contribution in [1.29, 1.82) is 0 Å². The summed E-state index contributed by atoms with van der Waals surface area (Å²) in [6, 6.07) is 47.2. The van der Waals surface area contributed by atoms with Gasteiger partial charge in [-0.25, -0.2) is 0 Å². The molecule has 0 N–H and O–H groups in total. The third kappa shape index (κ3) is 7.91. The summed E-state index contributed by atoms with van der Waals surface area (Å²) < 4.78 is 36.3. The van der Waals surface area contributed by atoms with Gasteiger partial charge in [0.25, 0.3) is 0 Å². The first-order chi connectivity index (χ1) is 30.1. The Balaban J connectivity index is 0.000000125. The predicted molar refractivity (Wildman–Crippen MR) is 271 cm³/mol. The summed E-state index contributed by atoms with van der Waals surface area (Å²) in [5.74, 6) is 0. The molecule has 64 heavy (non-hydrogen) atoms. The Hall–Kier alpha value is -4.44. The van der Waals surface area contributed by atoms with Crippen LogP contribution in [0.4, 0.5) is 0 Å². The van der Waals surface area contributed by atoms with E-state index < -0.39 is 14.0 Å². The van der Waals surface area contributed by atoms with E-state index in [9.17, 15) is 0 Å². The lowest BCUT2D eigenvalue weighted by molar-refractivity contribution is 0.00578. The molecule has 0 bridgehead atoms. The highest BCUT2D eigenvalue weighted by Gasteiger charge is 2.63. The topological polar surface area (TPSA) is 55.4 Å². The van der Waals surface area contributed by atoms with Gasteiger partial charge < -0.3 is 27.9 Å². The molecule has 0 radical (unpaired) electrons. The van der Waals surface area contributed by atoms with E-state index in [1.165, 1.54) is 64.6 Å². The molecule has 8 aromatic rings. The van der Waals surface area contributed by atoms with E-state index in [1.54, 1.807) is 0 Å². The fraction of sp³-hybridized carbons (Fsp3) is 0.333. The Morgan fingerprint density at radius 1 is 0.328 bits per heavy atom. The van der Waals surface area contributed by atoms with Crippen molar-refractivity contribution in [2.45, 2.75) is 117 Å². The molecule has 0 atom stereocenters. The van der Waals surface area contributed by atoms with Gasteiger partial charge in [-0.1, -0.05) is 133 Å². The van der Waals surface area contributed by atoms with Gasteiger partial charge in [0.15, 0.2) is 0 Å². The summed E-state index contributed by atoms with van der Waals surface area (Å²) in [6.07, 6.45) is 0. The second kappa shape index (κ2) is 15.9. The van der Waals surface area contributed by atoms with Gasteiger partial charge in [-0.3, -0.25) is 0 Å². The van der Waals surface area contributed by atoms with Gasteiger partial charge in [0.2, 0.25) is 0 Å². The zero-order chi connectivity index (χ0) is 45.6. The molecule has 3 saturated heterocycles. The van der Waals surface area contributed by atoms with E-state index >= 15 is 0 Å². The first-order valence-electron chi connectivity index (χ1n) is 22.5. The third-order valence-electron chi connectivity index (χ3n) is 14.7. The molecule has 0 unspecified atom stereocenters. The molecule has 0 amide bonds. The normalized spacial score (nSPS) is 20.2. The lowest BCUT2D eigenvalue weighted by atomic mass is 9.49. The molecule has 326 valence electrons. The van der Waals surface area contributed by atoms with Crippen molar-refractivity contribution in [3.8, 4) is 0 Å². The summed E-state index contributed by atoms with van der Waals surface area (Å²) in [7, 11) is -1.28. The number of fused-ring (bicyclic) bond motifs is 10. The first kappa shape index (κ1) is 44.8. The maximum absolute atomic E-state index is 6.23. The van der Waals surface area contributed by atoms with Crippen LogP contribution >= 0.6 is 11.6 Å². The van der Waals surface area contributed by atoms with Crippen LogP contribution in [0.3, 0.4) is 0 Å². The molecule has 3 aliphatic heterocycles. The molecule has 0 spiro atoms. The van der Waals surface area contributed by atoms with E-state index in [2.05, 4.69) is 149 Å². The van der Waals surface area contributed by atoms with E-state index in [-0.39, 0.29) is 40.7 Å². The third-order valence-corrected chi connectivity index (χ3v) is 15.0. The van der Waals surface area contributed by atoms with Gasteiger partial charge in [-0.2, -0.15) is 0 Å². The fourth-order valence-corrected chi connectivity index (χ4v) is 8.97. The summed E-state index contributed by atoms with van der Waals surface area (Å²) in [5, 5.41) is 16.0. The first-order valence-corrected chi connectivity index (χ1v) is 22.9. The number of hydrogen-bond acceptors (Lipinski definition) is 6. The Morgan fingerprint density at radius 2 is 0.656 bits per heavy atom. The molecule has 0 aliphatic carbocycles. The van der Waals surface area contributed by atoms with Gasteiger partial charge in [0.05, 0.1) is 33.6 Å². The van der Waals surface area contributed by atoms with Crippen molar-refractivity contribution in [2.24, 2.45) is 0 Å². The Kier molecular flexibility index (Phi) is 11.1. The maximum atomic E-state index is 6.23. The standard InChI is InChI=1S/C24H23BO2.C18H11Cl.C12H24B2O4/c1-23(2)24(3,4)27-25(26-23)19-13-14-21-18(15-19)12-11-17-10-9-16-7-5-6-8-20(16)22(17)21;19-15-9-10-17-14(11-15)8-7-13-6-5-12-3-1-2-4-16(12)18(13)17;1-9(2)10(3,4)16-13(15-9)14-17-11(5,6)12(7,8)18-14/h5-15H,1-4H3;1-11H;1-8H3. The second-order valence-electron chi connectivity index (χ2n) is 20.6. The average Bonchev–Trinajstić information content (AvgIpc) is 3.72. The van der Waals surface area contributed by atoms with Crippen molar-refractivity contribution in [3.63, 3.8) is 0 Å². The molecule has 10 heteroatoms. The van der Waals surface area contributed by atoms with Crippen LogP contribution < -0.4 is 5.46 Å². The van der Waals surface area contributed by atoms with Crippen molar-refractivity contribution >= 4 is 103 Å². The van der Waals surface area contributed by atoms with Crippen LogP contribution in [0.5, 0.6) is 0 Å². The Morgan fingerprint density at radius 3 is 1.09 bits per heavy atom. The van der Waals surface area contributed by atoms with Crippen LogP contribution in [0, 0.1) is 0 Å². The average molecular weight is 871 g/mol. The second-order valence-corrected chi connectivity index (χ2v) is 21.0. The fourth-order valence-electron chi connectivity index (χ4n) is 8.79. The zero-order valence-corrected chi connectivity index (χ0v) is 40.0. The SMILES string of the molecule is CC1(C)OB(B2OC(C)(C)C(C)(C)O2)OC1(C)C.CC1(C)OB(c2ccc3c(ccc4ccc5ccccc5c43)c2)OC1(C)C.Clc1ccc2c(ccc3ccc4ccccc4c32)c1. The van der Waals surface area contributed by atoms with Crippen LogP contribution in [0.25, 0.3) is 64.6 Å². The van der Waals surface area contributed by atoms with Crippen molar-refractivity contribution < 1.29 is 27.9 Å². The van der Waals surface area contributed by atoms with Gasteiger partial charge in [0.1, 0.15) is 0 Å². The monoisotopic (exact) mass is 870 g/mol. The van der Waals surface area contributed by atoms with Gasteiger partial charge in [-0.05, 0) is 165 Å².